The molecule has 0 amide bonds. The van der Waals surface area contributed by atoms with Gasteiger partial charge in [-0.15, -0.1) is 0 Å². The van der Waals surface area contributed by atoms with E-state index in [9.17, 15) is 0 Å². The topological polar surface area (TPSA) is 25.8 Å². The Bertz CT molecular complexity index is 1760. The molecule has 0 aliphatic heterocycles. The molecule has 0 unspecified atom stereocenters. The summed E-state index contributed by atoms with van der Waals surface area (Å²) in [5.74, 6) is 0. The van der Waals surface area contributed by atoms with Crippen molar-refractivity contribution in [3.8, 4) is 33.4 Å². The Kier molecular flexibility index (Phi) is 4.22. The number of benzene rings is 4. The van der Waals surface area contributed by atoms with Gasteiger partial charge >= 0.3 is 0 Å². The van der Waals surface area contributed by atoms with Gasteiger partial charge in [0, 0.05) is 34.8 Å². The second-order valence-corrected chi connectivity index (χ2v) is 9.90. The maximum atomic E-state index is 4.81. The quantitative estimate of drug-likeness (QED) is 0.248. The van der Waals surface area contributed by atoms with Crippen molar-refractivity contribution in [2.24, 2.45) is 0 Å². The fourth-order valence-electron chi connectivity index (χ4n) is 5.94. The molecule has 7 rings (SSSR count). The monoisotopic (exact) mass is 448 g/mol. The van der Waals surface area contributed by atoms with Gasteiger partial charge in [-0.2, -0.15) is 0 Å². The Morgan fingerprint density at radius 2 is 1.29 bits per heavy atom. The zero-order valence-electron chi connectivity index (χ0n) is 19.8. The van der Waals surface area contributed by atoms with Gasteiger partial charge in [0.1, 0.15) is 0 Å². The van der Waals surface area contributed by atoms with E-state index in [1.165, 1.54) is 60.7 Å². The molecular formula is C33H24N2. The third-order valence-corrected chi connectivity index (χ3v) is 7.58. The molecule has 2 aromatic heterocycles. The van der Waals surface area contributed by atoms with E-state index in [2.05, 4.69) is 110 Å². The van der Waals surface area contributed by atoms with E-state index in [0.29, 0.717) is 0 Å². The number of hydrogen-bond acceptors (Lipinski definition) is 2. The lowest BCUT2D eigenvalue weighted by molar-refractivity contribution is 0.666. The van der Waals surface area contributed by atoms with Gasteiger partial charge in [0.15, 0.2) is 0 Å². The maximum Gasteiger partial charge on any atom is 0.0783 e. The predicted octanol–water partition coefficient (Wildman–Crippen LogP) is 8.42. The van der Waals surface area contributed by atoms with Crippen molar-refractivity contribution in [1.29, 1.82) is 0 Å². The van der Waals surface area contributed by atoms with Gasteiger partial charge < -0.3 is 0 Å². The van der Waals surface area contributed by atoms with E-state index in [1.807, 2.05) is 18.6 Å². The minimum atomic E-state index is -0.130. The summed E-state index contributed by atoms with van der Waals surface area (Å²) < 4.78 is 0. The fraction of sp³-hybridized carbons (Fsp3) is 0.0909. The van der Waals surface area contributed by atoms with Crippen LogP contribution in [0.5, 0.6) is 0 Å². The first-order valence-electron chi connectivity index (χ1n) is 12.1. The second-order valence-electron chi connectivity index (χ2n) is 9.90. The number of rotatable bonds is 2. The summed E-state index contributed by atoms with van der Waals surface area (Å²) >= 11 is 0. The summed E-state index contributed by atoms with van der Waals surface area (Å²) in [5.41, 5.74) is 11.3. The molecule has 0 spiro atoms. The highest BCUT2D eigenvalue weighted by Crippen LogP contribution is 2.54. The summed E-state index contributed by atoms with van der Waals surface area (Å²) in [5, 5.41) is 3.76. The minimum Gasteiger partial charge on any atom is -0.265 e. The molecule has 0 atom stereocenters. The van der Waals surface area contributed by atoms with Gasteiger partial charge in [-0.25, -0.2) is 0 Å². The minimum absolute atomic E-state index is 0.130. The highest BCUT2D eigenvalue weighted by atomic mass is 14.7. The zero-order chi connectivity index (χ0) is 23.6. The van der Waals surface area contributed by atoms with Crippen LogP contribution in [0.25, 0.3) is 55.1 Å². The molecule has 2 heterocycles. The van der Waals surface area contributed by atoms with E-state index in [0.717, 1.165) is 5.52 Å². The smallest absolute Gasteiger partial charge is 0.0783 e. The van der Waals surface area contributed by atoms with E-state index in [4.69, 9.17) is 4.98 Å². The van der Waals surface area contributed by atoms with Crippen LogP contribution in [0.1, 0.15) is 25.0 Å². The van der Waals surface area contributed by atoms with Crippen molar-refractivity contribution in [2.75, 3.05) is 0 Å². The van der Waals surface area contributed by atoms with Crippen molar-refractivity contribution in [3.63, 3.8) is 0 Å². The molecule has 1 aliphatic carbocycles. The predicted molar refractivity (Wildman–Crippen MR) is 145 cm³/mol. The summed E-state index contributed by atoms with van der Waals surface area (Å²) in [6.07, 6.45) is 5.60. The summed E-state index contributed by atoms with van der Waals surface area (Å²) in [4.78, 5) is 8.98. The van der Waals surface area contributed by atoms with Gasteiger partial charge in [0.25, 0.3) is 0 Å². The Hall–Kier alpha value is -4.30. The summed E-state index contributed by atoms with van der Waals surface area (Å²) in [6.45, 7) is 4.71. The van der Waals surface area contributed by atoms with Crippen LogP contribution in [0.15, 0.2) is 110 Å². The van der Waals surface area contributed by atoms with Crippen LogP contribution in [0.3, 0.4) is 0 Å². The second kappa shape index (κ2) is 7.35. The third-order valence-electron chi connectivity index (χ3n) is 7.58. The van der Waals surface area contributed by atoms with Crippen LogP contribution in [-0.4, -0.2) is 9.97 Å². The Morgan fingerprint density at radius 3 is 2.11 bits per heavy atom. The van der Waals surface area contributed by atoms with Gasteiger partial charge in [-0.3, -0.25) is 9.97 Å². The van der Waals surface area contributed by atoms with Gasteiger partial charge in [0.05, 0.1) is 5.52 Å². The lowest BCUT2D eigenvalue weighted by atomic mass is 9.79. The molecule has 0 saturated heterocycles. The average molecular weight is 449 g/mol. The van der Waals surface area contributed by atoms with Crippen LogP contribution in [0.4, 0.5) is 0 Å². The lowest BCUT2D eigenvalue weighted by Crippen LogP contribution is -2.16. The number of pyridine rings is 2. The Morgan fingerprint density at radius 1 is 0.571 bits per heavy atom. The van der Waals surface area contributed by atoms with Crippen molar-refractivity contribution in [3.05, 3.63) is 121 Å². The molecule has 6 aromatic rings. The molecule has 1 aliphatic rings. The van der Waals surface area contributed by atoms with Gasteiger partial charge in [-0.05, 0) is 80.2 Å². The zero-order valence-corrected chi connectivity index (χ0v) is 19.8. The summed E-state index contributed by atoms with van der Waals surface area (Å²) in [7, 11) is 0. The third kappa shape index (κ3) is 2.90. The van der Waals surface area contributed by atoms with Crippen LogP contribution in [-0.2, 0) is 5.41 Å². The average Bonchev–Trinajstić information content (AvgIpc) is 3.16. The van der Waals surface area contributed by atoms with Crippen LogP contribution < -0.4 is 0 Å². The molecule has 0 fully saturated rings. The highest BCUT2D eigenvalue weighted by molar-refractivity contribution is 6.16. The van der Waals surface area contributed by atoms with Crippen molar-refractivity contribution in [1.82, 2.24) is 9.97 Å². The standard InChI is InChI=1S/C33H24N2/c1-33(2)29-20-24(23-8-5-7-22(19-23)21-14-17-34-18-15-21)12-13-27(29)30-25-9-3-4-10-26(25)32-28(31(30)33)11-6-16-35-32/h3-20H,1-2H3. The molecule has 35 heavy (non-hydrogen) atoms. The van der Waals surface area contributed by atoms with Crippen molar-refractivity contribution >= 4 is 21.7 Å². The molecule has 4 aromatic carbocycles. The fourth-order valence-corrected chi connectivity index (χ4v) is 5.94. The first kappa shape index (κ1) is 20.1. The molecule has 0 radical (unpaired) electrons. The van der Waals surface area contributed by atoms with Gasteiger partial charge in [-0.1, -0.05) is 74.5 Å². The number of hydrogen-bond donors (Lipinski definition) is 0. The van der Waals surface area contributed by atoms with Crippen LogP contribution >= 0.6 is 0 Å². The van der Waals surface area contributed by atoms with Crippen LogP contribution in [0.2, 0.25) is 0 Å². The molecule has 0 saturated carbocycles. The first-order valence-corrected chi connectivity index (χ1v) is 12.1. The van der Waals surface area contributed by atoms with E-state index in [-0.39, 0.29) is 5.41 Å². The first-order chi connectivity index (χ1) is 17.1. The van der Waals surface area contributed by atoms with Crippen molar-refractivity contribution < 1.29 is 0 Å². The van der Waals surface area contributed by atoms with Crippen molar-refractivity contribution in [2.45, 2.75) is 19.3 Å². The van der Waals surface area contributed by atoms with E-state index < -0.39 is 0 Å². The SMILES string of the molecule is CC1(C)c2cc(-c3cccc(-c4ccncc4)c3)ccc2-c2c1c1cccnc1c1ccccc21. The normalized spacial score (nSPS) is 13.7. The van der Waals surface area contributed by atoms with Gasteiger partial charge in [0.2, 0.25) is 0 Å². The van der Waals surface area contributed by atoms with Crippen LogP contribution in [0, 0.1) is 0 Å². The number of nitrogens with zero attached hydrogens (tertiary/aromatic N) is 2. The molecule has 2 nitrogen and oxygen atoms in total. The largest absolute Gasteiger partial charge is 0.265 e. The maximum absolute atomic E-state index is 4.81. The highest BCUT2D eigenvalue weighted by Gasteiger charge is 2.38. The summed E-state index contributed by atoms with van der Waals surface area (Å²) in [6, 6.07) is 32.9. The lowest BCUT2D eigenvalue weighted by Gasteiger charge is -2.24. The molecule has 2 heteroatoms. The Labute approximate surface area is 204 Å². The van der Waals surface area contributed by atoms with E-state index in [1.54, 1.807) is 0 Å². The molecule has 166 valence electrons. The molecule has 0 N–H and O–H groups in total. The molecule has 0 bridgehead atoms. The number of aromatic nitrogens is 2. The van der Waals surface area contributed by atoms with E-state index >= 15 is 0 Å². The number of fused-ring (bicyclic) bond motifs is 8. The Balaban J connectivity index is 1.46. The molecular weight excluding hydrogens is 424 g/mol.